The first kappa shape index (κ1) is 6.99. The summed E-state index contributed by atoms with van der Waals surface area (Å²) in [7, 11) is 0. The van der Waals surface area contributed by atoms with Crippen LogP contribution in [0, 0.1) is 0 Å². The van der Waals surface area contributed by atoms with Gasteiger partial charge in [-0.2, -0.15) is 0 Å². The Labute approximate surface area is 69.2 Å². The van der Waals surface area contributed by atoms with Crippen LogP contribution in [0.5, 0.6) is 0 Å². The van der Waals surface area contributed by atoms with E-state index in [1.165, 1.54) is 5.01 Å². The number of nitrogens with zero attached hydrogens (tertiary/aromatic N) is 3. The summed E-state index contributed by atoms with van der Waals surface area (Å²) in [5.41, 5.74) is 12.1. The lowest BCUT2D eigenvalue weighted by atomic mass is 10.3. The molecule has 6 N–H and O–H groups in total. The molecule has 0 aliphatic carbocycles. The van der Waals surface area contributed by atoms with E-state index >= 15 is 0 Å². The summed E-state index contributed by atoms with van der Waals surface area (Å²) in [5.74, 6) is 6.55. The molecule has 2 rings (SSSR count). The minimum absolute atomic E-state index is 0.474. The molecule has 0 saturated carbocycles. The fourth-order valence-electron chi connectivity index (χ4n) is 1.22. The van der Waals surface area contributed by atoms with E-state index in [0.717, 1.165) is 5.69 Å². The number of imidazole rings is 1. The lowest BCUT2D eigenvalue weighted by Gasteiger charge is -2.21. The molecule has 0 radical (unpaired) electrons. The van der Waals surface area contributed by atoms with E-state index < -0.39 is 0 Å². The number of anilines is 1. The van der Waals surface area contributed by atoms with Crippen LogP contribution in [0.25, 0.3) is 5.82 Å². The molecule has 12 heavy (non-hydrogen) atoms. The Balaban J connectivity index is 2.55. The van der Waals surface area contributed by atoms with E-state index in [4.69, 9.17) is 17.3 Å². The SMILES string of the molecule is NC1=CN(N)Cc2c(N)ncn21. The van der Waals surface area contributed by atoms with Crippen LogP contribution in [0.2, 0.25) is 0 Å². The number of nitrogens with two attached hydrogens (primary N) is 3. The van der Waals surface area contributed by atoms with Crippen molar-refractivity contribution in [2.45, 2.75) is 6.54 Å². The van der Waals surface area contributed by atoms with Crippen molar-refractivity contribution in [3.8, 4) is 0 Å². The van der Waals surface area contributed by atoms with Crippen molar-refractivity contribution in [3.05, 3.63) is 18.2 Å². The number of rotatable bonds is 0. The van der Waals surface area contributed by atoms with E-state index in [1.54, 1.807) is 17.1 Å². The zero-order chi connectivity index (χ0) is 8.72. The molecule has 0 unspecified atom stereocenters. The van der Waals surface area contributed by atoms with Crippen LogP contribution in [0.1, 0.15) is 5.69 Å². The summed E-state index contributed by atoms with van der Waals surface area (Å²) in [6, 6.07) is 0. The van der Waals surface area contributed by atoms with Crippen LogP contribution in [0.4, 0.5) is 5.82 Å². The highest BCUT2D eigenvalue weighted by atomic mass is 15.4. The molecule has 0 fully saturated rings. The average molecular weight is 166 g/mol. The van der Waals surface area contributed by atoms with Gasteiger partial charge >= 0.3 is 0 Å². The summed E-state index contributed by atoms with van der Waals surface area (Å²) >= 11 is 0. The van der Waals surface area contributed by atoms with Crippen molar-refractivity contribution in [3.63, 3.8) is 0 Å². The molecule has 1 aromatic heterocycles. The number of hydrogen-bond acceptors (Lipinski definition) is 5. The van der Waals surface area contributed by atoms with Crippen molar-refractivity contribution >= 4 is 11.6 Å². The largest absolute Gasteiger partial charge is 0.384 e. The first-order valence-electron chi connectivity index (χ1n) is 3.49. The maximum absolute atomic E-state index is 5.66. The zero-order valence-electron chi connectivity index (χ0n) is 6.44. The van der Waals surface area contributed by atoms with Gasteiger partial charge in [0, 0.05) is 0 Å². The van der Waals surface area contributed by atoms with Gasteiger partial charge in [0.15, 0.2) is 0 Å². The van der Waals surface area contributed by atoms with Gasteiger partial charge in [-0.05, 0) is 0 Å². The van der Waals surface area contributed by atoms with Crippen LogP contribution < -0.4 is 17.3 Å². The molecule has 0 amide bonds. The van der Waals surface area contributed by atoms with E-state index in [-0.39, 0.29) is 0 Å². The van der Waals surface area contributed by atoms with Crippen LogP contribution in [0.3, 0.4) is 0 Å². The molecule has 0 bridgehead atoms. The second-order valence-corrected chi connectivity index (χ2v) is 2.67. The minimum atomic E-state index is 0.474. The van der Waals surface area contributed by atoms with Crippen molar-refractivity contribution in [1.29, 1.82) is 0 Å². The molecule has 6 nitrogen and oxygen atoms in total. The second kappa shape index (κ2) is 2.15. The molecule has 0 aromatic carbocycles. The zero-order valence-corrected chi connectivity index (χ0v) is 6.44. The third-order valence-electron chi connectivity index (χ3n) is 1.81. The van der Waals surface area contributed by atoms with Gasteiger partial charge in [0.2, 0.25) is 0 Å². The fourth-order valence-corrected chi connectivity index (χ4v) is 1.22. The number of hydrazine groups is 1. The predicted molar refractivity (Wildman–Crippen MR) is 44.8 cm³/mol. The molecule has 2 heterocycles. The maximum Gasteiger partial charge on any atom is 0.147 e. The number of hydrogen-bond donors (Lipinski definition) is 3. The quantitative estimate of drug-likeness (QED) is 0.423. The van der Waals surface area contributed by atoms with Gasteiger partial charge in [-0.1, -0.05) is 0 Å². The monoisotopic (exact) mass is 166 g/mol. The van der Waals surface area contributed by atoms with Crippen molar-refractivity contribution in [2.24, 2.45) is 11.6 Å². The molecule has 0 spiro atoms. The Bertz CT molecular complexity index is 338. The average Bonchev–Trinajstić information content (AvgIpc) is 2.33. The highest BCUT2D eigenvalue weighted by Crippen LogP contribution is 2.18. The van der Waals surface area contributed by atoms with E-state index in [0.29, 0.717) is 18.2 Å². The summed E-state index contributed by atoms with van der Waals surface area (Å²) in [6.45, 7) is 0.534. The topological polar surface area (TPSA) is 99.1 Å². The van der Waals surface area contributed by atoms with Crippen LogP contribution >= 0.6 is 0 Å². The highest BCUT2D eigenvalue weighted by molar-refractivity contribution is 5.50. The van der Waals surface area contributed by atoms with Gasteiger partial charge < -0.3 is 16.5 Å². The predicted octanol–water partition coefficient (Wildman–Crippen LogP) is -1.13. The minimum Gasteiger partial charge on any atom is -0.384 e. The fraction of sp³-hybridized carbons (Fsp3) is 0.167. The summed E-state index contributed by atoms with van der Waals surface area (Å²) in [4.78, 5) is 3.92. The summed E-state index contributed by atoms with van der Waals surface area (Å²) < 4.78 is 1.72. The molecular formula is C6H10N6. The van der Waals surface area contributed by atoms with Crippen molar-refractivity contribution < 1.29 is 0 Å². The molecule has 1 aliphatic heterocycles. The van der Waals surface area contributed by atoms with E-state index in [1.807, 2.05) is 0 Å². The smallest absolute Gasteiger partial charge is 0.147 e. The van der Waals surface area contributed by atoms with Crippen LogP contribution in [-0.2, 0) is 6.54 Å². The second-order valence-electron chi connectivity index (χ2n) is 2.67. The Hall–Kier alpha value is -1.69. The van der Waals surface area contributed by atoms with Gasteiger partial charge in [-0.25, -0.2) is 10.8 Å². The number of nitrogen functional groups attached to an aromatic ring is 1. The van der Waals surface area contributed by atoms with Gasteiger partial charge in [0.05, 0.1) is 18.4 Å². The Morgan fingerprint density at radius 2 is 2.17 bits per heavy atom. The number of aromatic nitrogens is 2. The summed E-state index contributed by atoms with van der Waals surface area (Å²) in [6.07, 6.45) is 3.22. The molecule has 1 aliphatic rings. The molecule has 1 aromatic rings. The summed E-state index contributed by atoms with van der Waals surface area (Å²) in [5, 5.41) is 1.47. The lowest BCUT2D eigenvalue weighted by Crippen LogP contribution is -2.32. The standard InChI is InChI=1S/C6H10N6/c7-5-2-11(9)1-4-6(8)10-3-12(4)5/h2-3H,1,7-9H2. The maximum atomic E-state index is 5.66. The molecule has 64 valence electrons. The Kier molecular flexibility index (Phi) is 1.25. The van der Waals surface area contributed by atoms with E-state index in [2.05, 4.69) is 4.98 Å². The third-order valence-corrected chi connectivity index (χ3v) is 1.81. The van der Waals surface area contributed by atoms with Crippen LogP contribution in [0.15, 0.2) is 12.5 Å². The third kappa shape index (κ3) is 0.817. The van der Waals surface area contributed by atoms with Gasteiger partial charge in [0.25, 0.3) is 0 Å². The van der Waals surface area contributed by atoms with Gasteiger partial charge in [-0.3, -0.25) is 4.57 Å². The highest BCUT2D eigenvalue weighted by Gasteiger charge is 2.16. The Morgan fingerprint density at radius 3 is 2.92 bits per heavy atom. The first-order chi connectivity index (χ1) is 5.68. The van der Waals surface area contributed by atoms with Crippen LogP contribution in [-0.4, -0.2) is 14.6 Å². The molecule has 0 saturated heterocycles. The molecular weight excluding hydrogens is 156 g/mol. The van der Waals surface area contributed by atoms with E-state index in [9.17, 15) is 0 Å². The molecule has 0 atom stereocenters. The lowest BCUT2D eigenvalue weighted by molar-refractivity contribution is 0.368. The normalized spacial score (nSPS) is 15.8. The van der Waals surface area contributed by atoms with Crippen molar-refractivity contribution in [1.82, 2.24) is 14.6 Å². The van der Waals surface area contributed by atoms with Gasteiger partial charge in [0.1, 0.15) is 18.0 Å². The first-order valence-corrected chi connectivity index (χ1v) is 3.49. The molecule has 6 heteroatoms. The van der Waals surface area contributed by atoms with Crippen molar-refractivity contribution in [2.75, 3.05) is 5.73 Å². The number of fused-ring (bicyclic) bond motifs is 1. The van der Waals surface area contributed by atoms with Gasteiger partial charge in [-0.15, -0.1) is 0 Å². The Morgan fingerprint density at radius 1 is 1.42 bits per heavy atom.